The smallest absolute Gasteiger partial charge is 0.278 e. The third-order valence-electron chi connectivity index (χ3n) is 3.77. The molecule has 2 aliphatic rings. The fourth-order valence-corrected chi connectivity index (χ4v) is 3.59. The van der Waals surface area contributed by atoms with Crippen LogP contribution in [0.5, 0.6) is 5.75 Å². The molecule has 0 saturated carbocycles. The van der Waals surface area contributed by atoms with Crippen LogP contribution >= 0.6 is 11.9 Å². The lowest BCUT2D eigenvalue weighted by Crippen LogP contribution is -2.17. The highest BCUT2D eigenvalue weighted by atomic mass is 32.2. The van der Waals surface area contributed by atoms with Crippen LogP contribution in [-0.4, -0.2) is 29.1 Å². The maximum absolute atomic E-state index is 8.97. The van der Waals surface area contributed by atoms with Crippen molar-refractivity contribution in [2.75, 3.05) is 18.5 Å². The first-order valence-corrected chi connectivity index (χ1v) is 7.75. The monoisotopic (exact) mass is 296 g/mol. The third kappa shape index (κ3) is 2.36. The summed E-state index contributed by atoms with van der Waals surface area (Å²) in [4.78, 5) is 1.12. The van der Waals surface area contributed by atoms with Gasteiger partial charge in [-0.1, -0.05) is 0 Å². The number of hydrogen-bond acceptors (Lipinski definition) is 5. The number of aromatic nitrogens is 2. The molecule has 2 aromatic rings. The van der Waals surface area contributed by atoms with Gasteiger partial charge in [-0.15, -0.1) is 0 Å². The highest BCUT2D eigenvalue weighted by Gasteiger charge is 2.28. The van der Waals surface area contributed by atoms with E-state index < -0.39 is 0 Å². The molecule has 0 unspecified atom stereocenters. The van der Waals surface area contributed by atoms with Crippen LogP contribution in [0.3, 0.4) is 0 Å². The highest BCUT2D eigenvalue weighted by molar-refractivity contribution is 7.97. The average Bonchev–Trinajstić information content (AvgIpc) is 3.05. The molecule has 1 aromatic carbocycles. The molecule has 0 saturated heterocycles. The van der Waals surface area contributed by atoms with E-state index in [9.17, 15) is 0 Å². The van der Waals surface area contributed by atoms with Gasteiger partial charge in [-0.2, -0.15) is 5.10 Å². The maximum Gasteiger partial charge on any atom is 0.278 e. The zero-order chi connectivity index (χ0) is 14.2. The van der Waals surface area contributed by atoms with Crippen LogP contribution in [0, 0.1) is 11.2 Å². The summed E-state index contributed by atoms with van der Waals surface area (Å²) in [7, 11) is 0. The van der Waals surface area contributed by atoms with Crippen molar-refractivity contribution in [3.63, 3.8) is 0 Å². The minimum atomic E-state index is 0.104. The number of fused-ring (bicyclic) bond motifs is 2. The van der Waals surface area contributed by atoms with Crippen LogP contribution in [0.25, 0.3) is 0 Å². The molecule has 104 valence electrons. The Balaban J connectivity index is 1.54. The van der Waals surface area contributed by atoms with Crippen LogP contribution in [0.1, 0.15) is 11.3 Å². The lowest BCUT2D eigenvalue weighted by Gasteiger charge is -2.19. The molecule has 3 heterocycles. The summed E-state index contributed by atoms with van der Waals surface area (Å²) in [5.41, 5.74) is 3.30. The number of nitriles is 1. The van der Waals surface area contributed by atoms with E-state index in [1.54, 1.807) is 11.9 Å². The Bertz CT molecular complexity index is 716. The summed E-state index contributed by atoms with van der Waals surface area (Å²) in [6.45, 7) is 1.66. The van der Waals surface area contributed by atoms with Gasteiger partial charge >= 0.3 is 0 Å². The van der Waals surface area contributed by atoms with Crippen molar-refractivity contribution < 1.29 is 4.74 Å². The zero-order valence-electron chi connectivity index (χ0n) is 11.4. The Hall–Kier alpha value is -2.07. The Kier molecular flexibility index (Phi) is 3.04. The van der Waals surface area contributed by atoms with E-state index in [-0.39, 0.29) is 6.71 Å². The summed E-state index contributed by atoms with van der Waals surface area (Å²) in [5, 5.41) is 16.9. The lowest BCUT2D eigenvalue weighted by atomic mass is 9.49. The molecule has 0 fully saturated rings. The number of hydrogen-bond donors (Lipinski definition) is 1. The third-order valence-corrected chi connectivity index (χ3v) is 4.61. The zero-order valence-corrected chi connectivity index (χ0v) is 12.2. The van der Waals surface area contributed by atoms with Crippen LogP contribution in [0.15, 0.2) is 29.3 Å². The molecular formula is C14H13BN4OS. The average molecular weight is 296 g/mol. The minimum Gasteiger partial charge on any atom is -0.490 e. The molecule has 0 atom stereocenters. The highest BCUT2D eigenvalue weighted by Crippen LogP contribution is 2.33. The molecular weight excluding hydrogens is 283 g/mol. The largest absolute Gasteiger partial charge is 0.490 e. The maximum atomic E-state index is 8.97. The first-order valence-electron chi connectivity index (χ1n) is 6.98. The van der Waals surface area contributed by atoms with Crippen LogP contribution in [0.4, 0.5) is 5.69 Å². The number of rotatable bonds is 2. The first-order chi connectivity index (χ1) is 10.3. The van der Waals surface area contributed by atoms with Gasteiger partial charge in [-0.25, -0.2) is 9.35 Å². The fourth-order valence-electron chi connectivity index (χ4n) is 2.76. The molecule has 0 spiro atoms. The molecule has 5 nitrogen and oxygen atoms in total. The van der Waals surface area contributed by atoms with E-state index in [0.29, 0.717) is 6.61 Å². The van der Waals surface area contributed by atoms with Crippen molar-refractivity contribution in [1.29, 1.82) is 5.26 Å². The van der Waals surface area contributed by atoms with E-state index >= 15 is 0 Å². The van der Waals surface area contributed by atoms with E-state index in [2.05, 4.69) is 22.5 Å². The van der Waals surface area contributed by atoms with Crippen molar-refractivity contribution in [2.24, 2.45) is 0 Å². The molecule has 21 heavy (non-hydrogen) atoms. The Labute approximate surface area is 127 Å². The standard InChI is InChI=1S/C14H13BN4OS/c16-9-15-6-10-8-19(18-13(10)7-15)21-11-1-2-14-12(5-11)17-3-4-20-14/h1-2,5,8,17H,3-4,6-7H2. The number of benzene rings is 1. The van der Waals surface area contributed by atoms with Crippen molar-refractivity contribution in [1.82, 2.24) is 9.19 Å². The minimum absolute atomic E-state index is 0.104. The Morgan fingerprint density at radius 3 is 3.24 bits per heavy atom. The van der Waals surface area contributed by atoms with Gasteiger partial charge in [0.2, 0.25) is 0 Å². The SMILES string of the molecule is N#CB1Cc2cn(Sc3ccc4c(c3)NCCO4)nc2C1. The van der Waals surface area contributed by atoms with Crippen LogP contribution < -0.4 is 10.1 Å². The molecule has 0 amide bonds. The van der Waals surface area contributed by atoms with Gasteiger partial charge in [-0.3, -0.25) is 0 Å². The van der Waals surface area contributed by atoms with E-state index in [4.69, 9.17) is 10.00 Å². The predicted octanol–water partition coefficient (Wildman–Crippen LogP) is 1.98. The van der Waals surface area contributed by atoms with Gasteiger partial charge in [0.1, 0.15) is 12.4 Å². The molecule has 0 bridgehead atoms. The number of ether oxygens (including phenoxy) is 1. The summed E-state index contributed by atoms with van der Waals surface area (Å²) < 4.78 is 7.47. The number of nitrogens with one attached hydrogen (secondary N) is 1. The summed E-state index contributed by atoms with van der Waals surface area (Å²) in [6, 6.07) is 6.12. The van der Waals surface area contributed by atoms with Gasteiger partial charge < -0.3 is 10.1 Å². The first kappa shape index (κ1) is 12.7. The molecule has 0 aliphatic carbocycles. The van der Waals surface area contributed by atoms with Crippen molar-refractivity contribution in [3.8, 4) is 11.7 Å². The number of anilines is 1. The van der Waals surface area contributed by atoms with E-state index in [1.807, 2.05) is 22.4 Å². The second kappa shape index (κ2) is 5.04. The van der Waals surface area contributed by atoms with E-state index in [1.165, 1.54) is 5.56 Å². The van der Waals surface area contributed by atoms with Crippen molar-refractivity contribution in [2.45, 2.75) is 17.5 Å². The second-order valence-corrected chi connectivity index (χ2v) is 6.29. The molecule has 4 rings (SSSR count). The molecule has 7 heteroatoms. The van der Waals surface area contributed by atoms with Crippen molar-refractivity contribution >= 4 is 24.3 Å². The summed E-state index contributed by atoms with van der Waals surface area (Å²) >= 11 is 1.58. The molecule has 0 radical (unpaired) electrons. The van der Waals surface area contributed by atoms with Crippen LogP contribution in [0.2, 0.25) is 0 Å². The Morgan fingerprint density at radius 2 is 2.38 bits per heavy atom. The van der Waals surface area contributed by atoms with Gasteiger partial charge in [-0.05, 0) is 36.4 Å². The Morgan fingerprint density at radius 1 is 1.43 bits per heavy atom. The predicted molar refractivity (Wildman–Crippen MR) is 82.7 cm³/mol. The molecule has 1 aromatic heterocycles. The van der Waals surface area contributed by atoms with E-state index in [0.717, 1.165) is 41.2 Å². The van der Waals surface area contributed by atoms with Gasteiger partial charge in [0, 0.05) is 35.6 Å². The molecule has 2 aliphatic heterocycles. The van der Waals surface area contributed by atoms with Gasteiger partial charge in [0.05, 0.1) is 11.4 Å². The summed E-state index contributed by atoms with van der Waals surface area (Å²) in [6.07, 6.45) is 3.64. The fraction of sp³-hybridized carbons (Fsp3) is 0.286. The van der Waals surface area contributed by atoms with Gasteiger partial charge in [0.15, 0.2) is 0 Å². The topological polar surface area (TPSA) is 62.9 Å². The quantitative estimate of drug-likeness (QED) is 0.859. The summed E-state index contributed by atoms with van der Waals surface area (Å²) in [5.74, 6) is 3.23. The van der Waals surface area contributed by atoms with Gasteiger partial charge in [0.25, 0.3) is 6.71 Å². The normalized spacial score (nSPS) is 15.7. The molecule has 1 N–H and O–H groups in total. The van der Waals surface area contributed by atoms with Crippen molar-refractivity contribution in [3.05, 3.63) is 35.7 Å². The number of nitrogens with zero attached hydrogens (tertiary/aromatic N) is 3. The van der Waals surface area contributed by atoms with Crippen LogP contribution in [-0.2, 0) is 12.6 Å². The lowest BCUT2D eigenvalue weighted by molar-refractivity contribution is 0.323. The second-order valence-electron chi connectivity index (χ2n) is 5.26.